The zero-order valence-electron chi connectivity index (χ0n) is 17.2. The van der Waals surface area contributed by atoms with Crippen molar-refractivity contribution in [2.75, 3.05) is 11.5 Å². The van der Waals surface area contributed by atoms with Crippen LogP contribution in [0.25, 0.3) is 45.1 Å². The van der Waals surface area contributed by atoms with Crippen molar-refractivity contribution in [3.05, 3.63) is 70.0 Å². The summed E-state index contributed by atoms with van der Waals surface area (Å²) in [4.78, 5) is 56.0. The van der Waals surface area contributed by atoms with Crippen LogP contribution in [0, 0.1) is 0 Å². The van der Waals surface area contributed by atoms with Crippen LogP contribution in [0.2, 0.25) is 0 Å². The average Bonchev–Trinajstić information content (AvgIpc) is 3.50. The van der Waals surface area contributed by atoms with Crippen LogP contribution in [0.1, 0.15) is 0 Å². The Balaban J connectivity index is 1.36. The second kappa shape index (κ2) is 7.06. The number of nitrogens with one attached hydrogen (secondary N) is 2. The SMILES string of the molecule is Nc1nc2nc[nH]c2c(=O)n1-c1ccc(-c2ccc(-n3c(N)nc4nc[nH]c4c3=O)cn2)nc1. The first kappa shape index (κ1) is 19.3. The Kier molecular flexibility index (Phi) is 4.01. The highest BCUT2D eigenvalue weighted by Gasteiger charge is 2.15. The van der Waals surface area contributed by atoms with E-state index in [1.54, 1.807) is 24.3 Å². The van der Waals surface area contributed by atoms with Crippen LogP contribution < -0.4 is 22.6 Å². The third kappa shape index (κ3) is 2.82. The van der Waals surface area contributed by atoms with E-state index < -0.39 is 0 Å². The zero-order valence-corrected chi connectivity index (χ0v) is 17.2. The van der Waals surface area contributed by atoms with Gasteiger partial charge in [-0.2, -0.15) is 9.97 Å². The second-order valence-electron chi connectivity index (χ2n) is 7.23. The van der Waals surface area contributed by atoms with E-state index in [1.165, 1.54) is 34.2 Å². The number of rotatable bonds is 3. The van der Waals surface area contributed by atoms with Gasteiger partial charge in [-0.15, -0.1) is 0 Å². The number of anilines is 2. The van der Waals surface area contributed by atoms with Crippen molar-refractivity contribution < 1.29 is 0 Å². The van der Waals surface area contributed by atoms with E-state index in [9.17, 15) is 9.59 Å². The van der Waals surface area contributed by atoms with Crippen molar-refractivity contribution in [1.82, 2.24) is 49.0 Å². The van der Waals surface area contributed by atoms with E-state index in [0.29, 0.717) is 22.8 Å². The number of hydrogen-bond donors (Lipinski definition) is 4. The molecule has 0 unspecified atom stereocenters. The van der Waals surface area contributed by atoms with Crippen LogP contribution in [0.4, 0.5) is 11.9 Å². The van der Waals surface area contributed by atoms with Crippen LogP contribution >= 0.6 is 0 Å². The molecule has 0 aliphatic heterocycles. The number of H-pyrrole nitrogens is 2. The molecule has 14 heteroatoms. The fraction of sp³-hybridized carbons (Fsp3) is 0. The summed E-state index contributed by atoms with van der Waals surface area (Å²) in [6, 6.07) is 6.74. The number of hydrogen-bond acceptors (Lipinski definition) is 10. The van der Waals surface area contributed by atoms with Gasteiger partial charge in [0.2, 0.25) is 11.9 Å². The molecule has 6 rings (SSSR count). The van der Waals surface area contributed by atoms with Crippen LogP contribution in [-0.4, -0.2) is 49.0 Å². The Hall–Kier alpha value is -5.40. The Bertz CT molecular complexity index is 1670. The maximum atomic E-state index is 12.7. The van der Waals surface area contributed by atoms with Gasteiger partial charge < -0.3 is 21.4 Å². The quantitative estimate of drug-likeness (QED) is 0.285. The topological polar surface area (TPSA) is 205 Å². The largest absolute Gasteiger partial charge is 0.369 e. The molecule has 0 saturated heterocycles. The molecule has 166 valence electrons. The lowest BCUT2D eigenvalue weighted by Gasteiger charge is -2.10. The molecular formula is C20H14N12O2. The fourth-order valence-electron chi connectivity index (χ4n) is 3.65. The van der Waals surface area contributed by atoms with Crippen molar-refractivity contribution in [2.45, 2.75) is 0 Å². The van der Waals surface area contributed by atoms with Crippen LogP contribution in [0.5, 0.6) is 0 Å². The van der Waals surface area contributed by atoms with Gasteiger partial charge in [0.05, 0.1) is 47.8 Å². The molecule has 34 heavy (non-hydrogen) atoms. The van der Waals surface area contributed by atoms with Gasteiger partial charge in [-0.3, -0.25) is 19.6 Å². The summed E-state index contributed by atoms with van der Waals surface area (Å²) in [6.07, 6.45) is 5.74. The molecule has 0 spiro atoms. The molecular weight excluding hydrogens is 440 g/mol. The number of aromatic nitrogens is 10. The molecule has 0 amide bonds. The van der Waals surface area contributed by atoms with Gasteiger partial charge in [0.1, 0.15) is 0 Å². The molecule has 6 heterocycles. The molecule has 0 radical (unpaired) electrons. The summed E-state index contributed by atoms with van der Waals surface area (Å²) in [6.45, 7) is 0. The molecule has 0 fully saturated rings. The van der Waals surface area contributed by atoms with Crippen molar-refractivity contribution in [3.63, 3.8) is 0 Å². The minimum Gasteiger partial charge on any atom is -0.369 e. The molecule has 0 bridgehead atoms. The van der Waals surface area contributed by atoms with Gasteiger partial charge in [0.15, 0.2) is 22.3 Å². The molecule has 0 aromatic carbocycles. The van der Waals surface area contributed by atoms with Gasteiger partial charge >= 0.3 is 0 Å². The molecule has 0 aliphatic carbocycles. The maximum Gasteiger partial charge on any atom is 0.285 e. The molecule has 14 nitrogen and oxygen atoms in total. The third-order valence-corrected chi connectivity index (χ3v) is 5.25. The van der Waals surface area contributed by atoms with Crippen LogP contribution in [-0.2, 0) is 0 Å². The lowest BCUT2D eigenvalue weighted by Crippen LogP contribution is -2.23. The normalized spacial score (nSPS) is 11.4. The molecule has 6 aromatic heterocycles. The number of aromatic amines is 2. The fourth-order valence-corrected chi connectivity index (χ4v) is 3.65. The first-order chi connectivity index (χ1) is 16.5. The third-order valence-electron chi connectivity index (χ3n) is 5.25. The summed E-state index contributed by atoms with van der Waals surface area (Å²) in [5.74, 6) is -0.0139. The standard InChI is InChI=1S/C20H14N12O2/c21-19-29-15-13(25-7-27-15)17(33)31(19)9-1-3-11(23-5-9)12-4-2-10(6-24-12)32-18(34)14-16(28-8-26-14)30-20(32)22/h1-8H,(H2,21,29)(H2,22,30)(H,25,27)(H,26,28). The molecule has 0 aliphatic rings. The number of nitrogens with two attached hydrogens (primary N) is 2. The maximum absolute atomic E-state index is 12.7. The average molecular weight is 454 g/mol. The predicted molar refractivity (Wildman–Crippen MR) is 122 cm³/mol. The van der Waals surface area contributed by atoms with Crippen LogP contribution in [0.3, 0.4) is 0 Å². The Morgan fingerprint density at radius 3 is 1.47 bits per heavy atom. The van der Waals surface area contributed by atoms with Gasteiger partial charge in [0, 0.05) is 0 Å². The summed E-state index contributed by atoms with van der Waals surface area (Å²) in [5.41, 5.74) is 14.1. The minimum absolute atomic E-state index is 0.00694. The van der Waals surface area contributed by atoms with Crippen molar-refractivity contribution in [3.8, 4) is 22.8 Å². The van der Waals surface area contributed by atoms with Gasteiger partial charge in [-0.25, -0.2) is 19.1 Å². The molecule has 6 aromatic rings. The van der Waals surface area contributed by atoms with E-state index in [-0.39, 0.29) is 45.3 Å². The van der Waals surface area contributed by atoms with E-state index in [0.717, 1.165) is 0 Å². The minimum atomic E-state index is -0.386. The first-order valence-electron chi connectivity index (χ1n) is 9.87. The van der Waals surface area contributed by atoms with Crippen molar-refractivity contribution >= 4 is 34.2 Å². The van der Waals surface area contributed by atoms with Crippen molar-refractivity contribution in [1.29, 1.82) is 0 Å². The summed E-state index contributed by atoms with van der Waals surface area (Å²) >= 11 is 0. The number of imidazole rings is 2. The highest BCUT2D eigenvalue weighted by Crippen LogP contribution is 2.19. The van der Waals surface area contributed by atoms with Gasteiger partial charge in [-0.1, -0.05) is 0 Å². The summed E-state index contributed by atoms with van der Waals surface area (Å²) < 4.78 is 2.48. The molecule has 0 atom stereocenters. The van der Waals surface area contributed by atoms with Gasteiger partial charge in [-0.05, 0) is 24.3 Å². The van der Waals surface area contributed by atoms with Crippen LogP contribution in [0.15, 0.2) is 58.9 Å². The Labute approximate surface area is 188 Å². The first-order valence-corrected chi connectivity index (χ1v) is 9.87. The molecule has 0 saturated carbocycles. The van der Waals surface area contributed by atoms with E-state index in [2.05, 4.69) is 39.9 Å². The monoisotopic (exact) mass is 454 g/mol. The zero-order chi connectivity index (χ0) is 23.4. The summed E-state index contributed by atoms with van der Waals surface area (Å²) in [7, 11) is 0. The number of nitrogens with zero attached hydrogens (tertiary/aromatic N) is 8. The number of nitrogen functional groups attached to an aromatic ring is 2. The Morgan fingerprint density at radius 1 is 0.647 bits per heavy atom. The molecule has 6 N–H and O–H groups in total. The van der Waals surface area contributed by atoms with Gasteiger partial charge in [0.25, 0.3) is 11.1 Å². The highest BCUT2D eigenvalue weighted by atomic mass is 16.1. The lowest BCUT2D eigenvalue weighted by atomic mass is 10.2. The Morgan fingerprint density at radius 2 is 1.09 bits per heavy atom. The second-order valence-corrected chi connectivity index (χ2v) is 7.23. The van der Waals surface area contributed by atoms with E-state index >= 15 is 0 Å². The highest BCUT2D eigenvalue weighted by molar-refractivity contribution is 5.72. The van der Waals surface area contributed by atoms with Crippen molar-refractivity contribution in [2.24, 2.45) is 0 Å². The summed E-state index contributed by atoms with van der Waals surface area (Å²) in [5, 5.41) is 0. The smallest absolute Gasteiger partial charge is 0.285 e. The number of fused-ring (bicyclic) bond motifs is 2. The lowest BCUT2D eigenvalue weighted by molar-refractivity contribution is 0.962. The van der Waals surface area contributed by atoms with E-state index in [1.807, 2.05) is 0 Å². The van der Waals surface area contributed by atoms with E-state index in [4.69, 9.17) is 11.5 Å². The number of pyridine rings is 2. The predicted octanol–water partition coefficient (Wildman–Crippen LogP) is 0.152.